The first kappa shape index (κ1) is 13.3. The summed E-state index contributed by atoms with van der Waals surface area (Å²) < 4.78 is 7.73. The molecule has 0 saturated carbocycles. The second kappa shape index (κ2) is 4.71. The second-order valence-corrected chi connectivity index (χ2v) is 4.58. The Morgan fingerprint density at radius 3 is 2.62 bits per heavy atom. The van der Waals surface area contributed by atoms with E-state index in [4.69, 9.17) is 4.42 Å². The molecule has 0 aliphatic rings. The van der Waals surface area contributed by atoms with Gasteiger partial charge in [0.25, 0.3) is 11.2 Å². The van der Waals surface area contributed by atoms with E-state index in [-0.39, 0.29) is 23.0 Å². The van der Waals surface area contributed by atoms with Crippen LogP contribution in [0.1, 0.15) is 0 Å². The van der Waals surface area contributed by atoms with Gasteiger partial charge in [-0.1, -0.05) is 12.1 Å². The van der Waals surface area contributed by atoms with Crippen molar-refractivity contribution in [3.63, 3.8) is 0 Å². The Morgan fingerprint density at radius 1 is 1.00 bits per heavy atom. The van der Waals surface area contributed by atoms with E-state index in [1.54, 1.807) is 12.1 Å². The van der Waals surface area contributed by atoms with Crippen LogP contribution in [0, 0.1) is 10.1 Å². The molecule has 0 atom stereocenters. The molecule has 4 rings (SSSR count). The van der Waals surface area contributed by atoms with Crippen LogP contribution in [-0.2, 0) is 0 Å². The molecular weight excluding hydrogens is 292 g/mol. The van der Waals surface area contributed by atoms with E-state index < -0.39 is 0 Å². The Bertz CT molecular complexity index is 994. The van der Waals surface area contributed by atoms with Gasteiger partial charge < -0.3 is 16.8 Å². The van der Waals surface area contributed by atoms with Crippen molar-refractivity contribution < 1.29 is 26.1 Å². The fourth-order valence-electron chi connectivity index (χ4n) is 2.52. The Balaban J connectivity index is 0.00000132. The molecule has 21 heavy (non-hydrogen) atoms. The van der Waals surface area contributed by atoms with Crippen LogP contribution in [-0.4, -0.2) is 4.92 Å². The fraction of sp³-hybridized carbons (Fsp3) is 0. The van der Waals surface area contributed by atoms with E-state index in [1.807, 2.05) is 40.8 Å². The largest absolute Gasteiger partial charge is 1.00 e. The van der Waals surface area contributed by atoms with Gasteiger partial charge in [0.05, 0.1) is 16.4 Å². The number of benzene rings is 2. The lowest BCUT2D eigenvalue weighted by molar-refractivity contribution is -0.454. The van der Waals surface area contributed by atoms with E-state index >= 15 is 0 Å². The molecular formula is C15H9ClN2O3. The summed E-state index contributed by atoms with van der Waals surface area (Å²) in [7, 11) is 0. The van der Waals surface area contributed by atoms with Gasteiger partial charge in [-0.25, -0.2) is 0 Å². The van der Waals surface area contributed by atoms with Crippen LogP contribution in [0.25, 0.3) is 27.7 Å². The molecule has 2 aromatic heterocycles. The Kier molecular flexibility index (Phi) is 2.99. The monoisotopic (exact) mass is 300 g/mol. The van der Waals surface area contributed by atoms with Crippen molar-refractivity contribution in [1.82, 2.24) is 0 Å². The highest BCUT2D eigenvalue weighted by Crippen LogP contribution is 2.22. The zero-order valence-electron chi connectivity index (χ0n) is 10.7. The number of fused-ring (bicyclic) bond motifs is 5. The smallest absolute Gasteiger partial charge is 0.380 e. The van der Waals surface area contributed by atoms with Crippen molar-refractivity contribution in [2.24, 2.45) is 0 Å². The first-order valence-corrected chi connectivity index (χ1v) is 6.14. The van der Waals surface area contributed by atoms with E-state index in [1.165, 1.54) is 6.07 Å². The Hall–Kier alpha value is -2.66. The van der Waals surface area contributed by atoms with Crippen LogP contribution in [0.2, 0.25) is 0 Å². The van der Waals surface area contributed by atoms with Gasteiger partial charge in [-0.15, -0.1) is 4.40 Å². The molecule has 5 nitrogen and oxygen atoms in total. The Morgan fingerprint density at radius 2 is 1.81 bits per heavy atom. The van der Waals surface area contributed by atoms with Gasteiger partial charge in [-0.05, 0) is 12.1 Å². The minimum absolute atomic E-state index is 0. The number of para-hydroxylation sites is 2. The van der Waals surface area contributed by atoms with Crippen LogP contribution < -0.4 is 16.8 Å². The number of nitro groups is 1. The van der Waals surface area contributed by atoms with Crippen molar-refractivity contribution in [3.05, 3.63) is 64.7 Å². The van der Waals surface area contributed by atoms with Gasteiger partial charge in [0.1, 0.15) is 0 Å². The number of aromatic nitrogens is 1. The topological polar surface area (TPSA) is 60.4 Å². The molecule has 0 bridgehead atoms. The van der Waals surface area contributed by atoms with E-state index in [0.717, 1.165) is 22.0 Å². The van der Waals surface area contributed by atoms with Gasteiger partial charge in [0.15, 0.2) is 0 Å². The molecule has 0 fully saturated rings. The summed E-state index contributed by atoms with van der Waals surface area (Å²) in [6, 6.07) is 16.2. The van der Waals surface area contributed by atoms with E-state index in [9.17, 15) is 10.1 Å². The number of oxazole rings is 1. The molecule has 4 aromatic rings. The summed E-state index contributed by atoms with van der Waals surface area (Å²) in [6.45, 7) is 0. The minimum Gasteiger partial charge on any atom is -1.00 e. The quantitative estimate of drug-likeness (QED) is 0.287. The molecule has 6 heteroatoms. The van der Waals surface area contributed by atoms with E-state index in [0.29, 0.717) is 5.71 Å². The summed E-state index contributed by atoms with van der Waals surface area (Å²) in [4.78, 5) is 10.5. The maximum absolute atomic E-state index is 10.9. The Labute approximate surface area is 125 Å². The molecule has 0 spiro atoms. The van der Waals surface area contributed by atoms with E-state index in [2.05, 4.69) is 0 Å². The number of rotatable bonds is 1. The zero-order valence-corrected chi connectivity index (χ0v) is 11.4. The zero-order chi connectivity index (χ0) is 13.7. The lowest BCUT2D eigenvalue weighted by atomic mass is 10.2. The van der Waals surface area contributed by atoms with Crippen LogP contribution in [0.15, 0.2) is 59.0 Å². The second-order valence-electron chi connectivity index (χ2n) is 4.58. The SMILES string of the molecule is O=[N+]([O-])c1ccc2c(ccc3oc4ccccc4[n+]32)c1.[Cl-]. The van der Waals surface area contributed by atoms with Gasteiger partial charge in [0.2, 0.25) is 11.1 Å². The summed E-state index contributed by atoms with van der Waals surface area (Å²) in [5.74, 6) is 0. The summed E-state index contributed by atoms with van der Waals surface area (Å²) in [5.41, 5.74) is 3.43. The maximum Gasteiger partial charge on any atom is 0.380 e. The highest BCUT2D eigenvalue weighted by molar-refractivity contribution is 5.82. The first-order valence-electron chi connectivity index (χ1n) is 6.14. The average molecular weight is 301 g/mol. The molecule has 2 aromatic carbocycles. The predicted molar refractivity (Wildman–Crippen MR) is 73.5 cm³/mol. The third-order valence-electron chi connectivity index (χ3n) is 3.41. The van der Waals surface area contributed by atoms with Crippen molar-refractivity contribution >= 4 is 33.4 Å². The standard InChI is InChI=1S/C15H9N2O3.ClH/c18-17(19)11-6-7-12-10(9-11)5-8-15-16(12)13-3-1-2-4-14(13)20-15;/h1-9H;1H/q+1;/p-1. The molecule has 104 valence electrons. The summed E-state index contributed by atoms with van der Waals surface area (Å²) >= 11 is 0. The van der Waals surface area contributed by atoms with Crippen molar-refractivity contribution in [3.8, 4) is 0 Å². The first-order chi connectivity index (χ1) is 9.74. The number of hydrogen-bond donors (Lipinski definition) is 0. The third kappa shape index (κ3) is 1.90. The number of halogens is 1. The number of nitro benzene ring substituents is 1. The normalized spacial score (nSPS) is 10.9. The summed E-state index contributed by atoms with van der Waals surface area (Å²) in [5, 5.41) is 11.7. The van der Waals surface area contributed by atoms with Crippen LogP contribution >= 0.6 is 0 Å². The molecule has 2 heterocycles. The number of pyridine rings is 1. The highest BCUT2D eigenvalue weighted by atomic mass is 35.5. The van der Waals surface area contributed by atoms with Gasteiger partial charge >= 0.3 is 5.71 Å². The lowest BCUT2D eigenvalue weighted by Gasteiger charge is -1.94. The van der Waals surface area contributed by atoms with Crippen molar-refractivity contribution in [1.29, 1.82) is 0 Å². The summed E-state index contributed by atoms with van der Waals surface area (Å²) in [6.07, 6.45) is 0. The lowest BCUT2D eigenvalue weighted by Crippen LogP contribution is -3.00. The molecule has 0 aliphatic carbocycles. The van der Waals surface area contributed by atoms with Crippen LogP contribution in [0.5, 0.6) is 0 Å². The predicted octanol–water partition coefficient (Wildman–Crippen LogP) is 0.237. The van der Waals surface area contributed by atoms with Crippen LogP contribution in [0.4, 0.5) is 5.69 Å². The molecule has 0 aliphatic heterocycles. The molecule has 0 saturated heterocycles. The van der Waals surface area contributed by atoms with Gasteiger partial charge in [0, 0.05) is 24.3 Å². The minimum atomic E-state index is -0.387. The average Bonchev–Trinajstić information content (AvgIpc) is 2.85. The van der Waals surface area contributed by atoms with Crippen molar-refractivity contribution in [2.75, 3.05) is 0 Å². The number of nitrogens with zero attached hydrogens (tertiary/aromatic N) is 2. The molecule has 0 unspecified atom stereocenters. The van der Waals surface area contributed by atoms with Crippen molar-refractivity contribution in [2.45, 2.75) is 0 Å². The maximum atomic E-state index is 10.9. The third-order valence-corrected chi connectivity index (χ3v) is 3.41. The number of non-ortho nitro benzene ring substituents is 1. The molecule has 0 amide bonds. The van der Waals surface area contributed by atoms with Gasteiger partial charge in [-0.3, -0.25) is 10.1 Å². The number of hydrogen-bond acceptors (Lipinski definition) is 3. The van der Waals surface area contributed by atoms with Crippen LogP contribution in [0.3, 0.4) is 0 Å². The molecule has 0 N–H and O–H groups in total. The highest BCUT2D eigenvalue weighted by Gasteiger charge is 2.19. The molecule has 0 radical (unpaired) electrons. The fourth-order valence-corrected chi connectivity index (χ4v) is 2.52. The van der Waals surface area contributed by atoms with Gasteiger partial charge in [-0.2, -0.15) is 0 Å².